The van der Waals surface area contributed by atoms with E-state index in [1.807, 2.05) is 0 Å². The average Bonchev–Trinajstić information content (AvgIpc) is 3.20. The van der Waals surface area contributed by atoms with Gasteiger partial charge in [0.15, 0.2) is 12.4 Å². The largest absolute Gasteiger partial charge is 0.477 e. The molecule has 0 unspecified atom stereocenters. The molecule has 0 fully saturated rings. The van der Waals surface area contributed by atoms with Crippen LogP contribution >= 0.6 is 0 Å². The predicted octanol–water partition coefficient (Wildman–Crippen LogP) is 3.60. The molecule has 158 valence electrons. The second-order valence-corrected chi connectivity index (χ2v) is 6.27. The number of amides is 1. The maximum atomic E-state index is 11.8. The summed E-state index contributed by atoms with van der Waals surface area (Å²) >= 11 is 0. The molecular formula is C20H16N4O7. The van der Waals surface area contributed by atoms with Crippen LogP contribution in [0.25, 0.3) is 11.3 Å². The first-order valence-electron chi connectivity index (χ1n) is 8.88. The molecule has 3 aromatic rings. The molecule has 11 nitrogen and oxygen atoms in total. The van der Waals surface area contributed by atoms with Crippen LogP contribution in [0.15, 0.2) is 64.1 Å². The number of rotatable bonds is 8. The number of furan rings is 1. The van der Waals surface area contributed by atoms with Gasteiger partial charge in [0.2, 0.25) is 0 Å². The molecule has 3 rings (SSSR count). The number of nitrogens with zero attached hydrogens (tertiary/aromatic N) is 3. The molecule has 0 bridgehead atoms. The van der Waals surface area contributed by atoms with E-state index in [1.165, 1.54) is 36.5 Å². The van der Waals surface area contributed by atoms with Crippen molar-refractivity contribution in [2.45, 2.75) is 6.92 Å². The number of benzene rings is 2. The van der Waals surface area contributed by atoms with Crippen molar-refractivity contribution in [3.63, 3.8) is 0 Å². The zero-order valence-electron chi connectivity index (χ0n) is 16.2. The van der Waals surface area contributed by atoms with Crippen LogP contribution in [0.3, 0.4) is 0 Å². The Balaban J connectivity index is 1.58. The highest BCUT2D eigenvalue weighted by atomic mass is 16.6. The van der Waals surface area contributed by atoms with E-state index in [2.05, 4.69) is 10.5 Å². The fourth-order valence-electron chi connectivity index (χ4n) is 2.68. The van der Waals surface area contributed by atoms with E-state index in [4.69, 9.17) is 9.15 Å². The summed E-state index contributed by atoms with van der Waals surface area (Å²) in [6.45, 7) is 1.27. The minimum Gasteiger partial charge on any atom is -0.477 e. The third-order valence-corrected chi connectivity index (χ3v) is 4.11. The number of carbonyl (C=O) groups is 1. The lowest BCUT2D eigenvalue weighted by molar-refractivity contribution is -0.385. The Morgan fingerprint density at radius 1 is 1.13 bits per heavy atom. The van der Waals surface area contributed by atoms with Crippen LogP contribution in [0.2, 0.25) is 0 Å². The Kier molecular flexibility index (Phi) is 6.36. The minimum atomic E-state index is -0.618. The van der Waals surface area contributed by atoms with Gasteiger partial charge in [0.1, 0.15) is 11.5 Å². The number of nitro groups is 2. The van der Waals surface area contributed by atoms with Crippen molar-refractivity contribution in [1.82, 2.24) is 5.43 Å². The second-order valence-electron chi connectivity index (χ2n) is 6.27. The van der Waals surface area contributed by atoms with Crippen LogP contribution in [0.4, 0.5) is 11.4 Å². The van der Waals surface area contributed by atoms with Gasteiger partial charge >= 0.3 is 5.69 Å². The van der Waals surface area contributed by atoms with E-state index in [0.717, 1.165) is 0 Å². The van der Waals surface area contributed by atoms with Crippen LogP contribution in [0.5, 0.6) is 5.75 Å². The van der Waals surface area contributed by atoms with Gasteiger partial charge in [0.25, 0.3) is 11.6 Å². The lowest BCUT2D eigenvalue weighted by atomic mass is 10.1. The van der Waals surface area contributed by atoms with Gasteiger partial charge in [0, 0.05) is 23.8 Å². The summed E-state index contributed by atoms with van der Waals surface area (Å²) in [5.41, 5.74) is 3.33. The lowest BCUT2D eigenvalue weighted by Gasteiger charge is -2.05. The van der Waals surface area contributed by atoms with E-state index in [1.54, 1.807) is 31.2 Å². The molecule has 0 aliphatic rings. The van der Waals surface area contributed by atoms with Gasteiger partial charge in [-0.1, -0.05) is 12.1 Å². The maximum absolute atomic E-state index is 11.8. The van der Waals surface area contributed by atoms with Gasteiger partial charge < -0.3 is 9.15 Å². The number of nitrogens with one attached hydrogen (secondary N) is 1. The van der Waals surface area contributed by atoms with Crippen molar-refractivity contribution in [2.24, 2.45) is 5.10 Å². The van der Waals surface area contributed by atoms with Gasteiger partial charge in [-0.25, -0.2) is 5.43 Å². The number of hydrazone groups is 1. The Morgan fingerprint density at radius 2 is 1.90 bits per heavy atom. The van der Waals surface area contributed by atoms with Crippen molar-refractivity contribution in [3.8, 4) is 17.1 Å². The number of aryl methyl sites for hydroxylation is 1. The standard InChI is InChI=1S/C20H16N4O7/c1-13-10-14(23(26)27)6-8-16(13)18-9-7-15(31-18)11-21-22-20(25)12-30-19-5-3-2-4-17(19)24(28)29/h2-11H,12H2,1H3,(H,22,25). The molecule has 1 N–H and O–H groups in total. The molecule has 31 heavy (non-hydrogen) atoms. The molecule has 1 aromatic heterocycles. The summed E-state index contributed by atoms with van der Waals surface area (Å²) in [5.74, 6) is 0.181. The van der Waals surface area contributed by atoms with Crippen LogP contribution in [-0.2, 0) is 4.79 Å². The zero-order valence-corrected chi connectivity index (χ0v) is 16.2. The SMILES string of the molecule is Cc1cc([N+](=O)[O-])ccc1-c1ccc(C=NNC(=O)COc2ccccc2[N+](=O)[O-])o1. The molecule has 0 atom stereocenters. The summed E-state index contributed by atoms with van der Waals surface area (Å²) in [6, 6.07) is 13.4. The van der Waals surface area contributed by atoms with Crippen LogP contribution in [-0.4, -0.2) is 28.6 Å². The number of ether oxygens (including phenoxy) is 1. The lowest BCUT2D eigenvalue weighted by Crippen LogP contribution is -2.24. The number of non-ortho nitro benzene ring substituents is 1. The fraction of sp³-hybridized carbons (Fsp3) is 0.100. The molecule has 1 heterocycles. The van der Waals surface area contributed by atoms with E-state index in [0.29, 0.717) is 22.6 Å². The number of para-hydroxylation sites is 2. The first-order valence-corrected chi connectivity index (χ1v) is 8.88. The van der Waals surface area contributed by atoms with E-state index >= 15 is 0 Å². The Labute approximate surface area is 175 Å². The summed E-state index contributed by atoms with van der Waals surface area (Å²) in [4.78, 5) is 32.5. The third kappa shape index (κ3) is 5.29. The number of nitro benzene ring substituents is 2. The van der Waals surface area contributed by atoms with E-state index in [-0.39, 0.29) is 17.1 Å². The summed E-state index contributed by atoms with van der Waals surface area (Å²) in [6.07, 6.45) is 1.27. The van der Waals surface area contributed by atoms with Crippen molar-refractivity contribution < 1.29 is 23.8 Å². The number of hydrogen-bond donors (Lipinski definition) is 1. The topological polar surface area (TPSA) is 150 Å². The van der Waals surface area contributed by atoms with Crippen LogP contribution < -0.4 is 10.2 Å². The molecule has 0 spiro atoms. The quantitative estimate of drug-likeness (QED) is 0.330. The second kappa shape index (κ2) is 9.31. The van der Waals surface area contributed by atoms with Crippen molar-refractivity contribution >= 4 is 23.5 Å². The van der Waals surface area contributed by atoms with Gasteiger partial charge in [-0.2, -0.15) is 5.10 Å². The monoisotopic (exact) mass is 424 g/mol. The molecule has 0 radical (unpaired) electrons. The van der Waals surface area contributed by atoms with Crippen molar-refractivity contribution in [1.29, 1.82) is 0 Å². The van der Waals surface area contributed by atoms with Crippen molar-refractivity contribution in [2.75, 3.05) is 6.61 Å². The molecule has 0 aliphatic heterocycles. The van der Waals surface area contributed by atoms with Gasteiger partial charge in [-0.15, -0.1) is 0 Å². The highest BCUT2D eigenvalue weighted by molar-refractivity contribution is 5.82. The maximum Gasteiger partial charge on any atom is 0.310 e. The molecule has 11 heteroatoms. The van der Waals surface area contributed by atoms with Gasteiger partial charge in [0.05, 0.1) is 16.1 Å². The first kappa shape index (κ1) is 21.2. The molecule has 0 aliphatic carbocycles. The van der Waals surface area contributed by atoms with Gasteiger partial charge in [-0.3, -0.25) is 25.0 Å². The summed E-state index contributed by atoms with van der Waals surface area (Å²) in [5, 5.41) is 25.5. The van der Waals surface area contributed by atoms with E-state index in [9.17, 15) is 25.0 Å². The highest BCUT2D eigenvalue weighted by Crippen LogP contribution is 2.28. The molecule has 0 saturated carbocycles. The number of hydrogen-bond acceptors (Lipinski definition) is 8. The van der Waals surface area contributed by atoms with E-state index < -0.39 is 22.4 Å². The van der Waals surface area contributed by atoms with Crippen LogP contribution in [0.1, 0.15) is 11.3 Å². The number of carbonyl (C=O) groups excluding carboxylic acids is 1. The summed E-state index contributed by atoms with van der Waals surface area (Å²) < 4.78 is 10.8. The average molecular weight is 424 g/mol. The zero-order chi connectivity index (χ0) is 22.4. The Hall–Kier alpha value is -4.54. The minimum absolute atomic E-state index is 0.0136. The van der Waals surface area contributed by atoms with Gasteiger partial charge in [-0.05, 0) is 36.8 Å². The smallest absolute Gasteiger partial charge is 0.310 e. The Bertz CT molecular complexity index is 1170. The summed E-state index contributed by atoms with van der Waals surface area (Å²) in [7, 11) is 0. The molecular weight excluding hydrogens is 408 g/mol. The third-order valence-electron chi connectivity index (χ3n) is 4.11. The van der Waals surface area contributed by atoms with Crippen LogP contribution in [0, 0.1) is 27.2 Å². The first-order chi connectivity index (χ1) is 14.8. The fourth-order valence-corrected chi connectivity index (χ4v) is 2.68. The normalized spacial score (nSPS) is 10.7. The molecule has 1 amide bonds. The predicted molar refractivity (Wildman–Crippen MR) is 110 cm³/mol. The molecule has 0 saturated heterocycles. The molecule has 2 aromatic carbocycles. The van der Waals surface area contributed by atoms with Crippen molar-refractivity contribution in [3.05, 3.63) is 86.1 Å². The Morgan fingerprint density at radius 3 is 2.61 bits per heavy atom. The highest BCUT2D eigenvalue weighted by Gasteiger charge is 2.15.